The Balaban J connectivity index is 2.24. The smallest absolute Gasteiger partial charge is 0.283 e. The van der Waals surface area contributed by atoms with Gasteiger partial charge in [0.1, 0.15) is 0 Å². The van der Waals surface area contributed by atoms with Gasteiger partial charge in [0.25, 0.3) is 5.89 Å². The lowest BCUT2D eigenvalue weighted by atomic mass is 10.2. The monoisotopic (exact) mass is 316 g/mol. The highest BCUT2D eigenvalue weighted by Crippen LogP contribution is 2.28. The average molecular weight is 317 g/mol. The molecule has 5 nitrogen and oxygen atoms in total. The van der Waals surface area contributed by atoms with E-state index >= 15 is 0 Å². The second-order valence-corrected chi connectivity index (χ2v) is 4.64. The molecule has 2 rings (SSSR count). The van der Waals surface area contributed by atoms with Crippen molar-refractivity contribution in [2.24, 2.45) is 0 Å². The first-order chi connectivity index (χ1) is 9.65. The van der Waals surface area contributed by atoms with Crippen LogP contribution in [-0.4, -0.2) is 23.4 Å². The van der Waals surface area contributed by atoms with Crippen molar-refractivity contribution in [2.45, 2.75) is 20.1 Å². The Morgan fingerprint density at radius 3 is 2.45 bits per heavy atom. The van der Waals surface area contributed by atoms with Gasteiger partial charge in [0.15, 0.2) is 0 Å². The van der Waals surface area contributed by atoms with E-state index in [2.05, 4.69) is 10.1 Å². The minimum Gasteiger partial charge on any atom is -0.345 e. The molecule has 1 aromatic heterocycles. The van der Waals surface area contributed by atoms with Crippen LogP contribution < -0.4 is 0 Å². The normalized spacial score (nSPS) is 11.2. The predicted molar refractivity (Wildman–Crippen MR) is 75.7 cm³/mol. The molecule has 2 aromatic rings. The van der Waals surface area contributed by atoms with Gasteiger partial charge in [0.2, 0.25) is 12.1 Å². The molecule has 0 N–H and O–H groups in total. The maximum absolute atomic E-state index is 5.97. The number of ether oxygens (including phenoxy) is 2. The summed E-state index contributed by atoms with van der Waals surface area (Å²) in [7, 11) is 0. The molecule has 0 amide bonds. The fourth-order valence-corrected chi connectivity index (χ4v) is 1.87. The first-order valence-corrected chi connectivity index (χ1v) is 6.93. The zero-order chi connectivity index (χ0) is 14.5. The summed E-state index contributed by atoms with van der Waals surface area (Å²) in [4.78, 5) is 4.26. The Labute approximate surface area is 126 Å². The molecule has 0 aliphatic carbocycles. The van der Waals surface area contributed by atoms with Gasteiger partial charge in [0.05, 0.1) is 10.0 Å². The van der Waals surface area contributed by atoms with Crippen molar-refractivity contribution in [1.29, 1.82) is 0 Å². The molecule has 0 fully saturated rings. The third-order valence-corrected chi connectivity index (χ3v) is 3.20. The van der Waals surface area contributed by atoms with Crippen LogP contribution in [0.2, 0.25) is 10.0 Å². The lowest BCUT2D eigenvalue weighted by Gasteiger charge is -2.11. The van der Waals surface area contributed by atoms with Gasteiger partial charge in [-0.2, -0.15) is 4.98 Å². The van der Waals surface area contributed by atoms with Gasteiger partial charge in [-0.05, 0) is 32.0 Å². The highest BCUT2D eigenvalue weighted by Gasteiger charge is 2.20. The van der Waals surface area contributed by atoms with Gasteiger partial charge in [-0.3, -0.25) is 0 Å². The molecule has 1 aromatic carbocycles. The first-order valence-electron chi connectivity index (χ1n) is 6.18. The van der Waals surface area contributed by atoms with E-state index in [0.717, 1.165) is 0 Å². The lowest BCUT2D eigenvalue weighted by molar-refractivity contribution is -0.155. The molecule has 20 heavy (non-hydrogen) atoms. The van der Waals surface area contributed by atoms with Crippen LogP contribution in [0.25, 0.3) is 11.4 Å². The van der Waals surface area contributed by atoms with E-state index in [-0.39, 0.29) is 5.89 Å². The third kappa shape index (κ3) is 3.49. The number of aromatic nitrogens is 2. The average Bonchev–Trinajstić information content (AvgIpc) is 2.91. The van der Waals surface area contributed by atoms with Crippen LogP contribution in [0, 0.1) is 0 Å². The second-order valence-electron chi connectivity index (χ2n) is 3.83. The summed E-state index contributed by atoms with van der Waals surface area (Å²) in [5, 5.41) is 4.80. The Hall–Kier alpha value is -1.14. The van der Waals surface area contributed by atoms with E-state index in [1.165, 1.54) is 0 Å². The van der Waals surface area contributed by atoms with Crippen molar-refractivity contribution in [1.82, 2.24) is 10.1 Å². The maximum atomic E-state index is 5.97. The summed E-state index contributed by atoms with van der Waals surface area (Å²) < 4.78 is 16.0. The fraction of sp³-hybridized carbons (Fsp3) is 0.385. The quantitative estimate of drug-likeness (QED) is 0.750. The van der Waals surface area contributed by atoms with Crippen LogP contribution in [0.15, 0.2) is 22.7 Å². The lowest BCUT2D eigenvalue weighted by Crippen LogP contribution is -2.09. The standard InChI is InChI=1S/C13H14Cl2N2O3/c1-3-18-13(19-4-2)12-16-11(17-20-12)8-5-6-9(14)10(15)7-8/h5-7,13H,3-4H2,1-2H3. The molecule has 0 unspecified atom stereocenters. The predicted octanol–water partition coefficient (Wildman–Crippen LogP) is 4.12. The largest absolute Gasteiger partial charge is 0.345 e. The molecule has 108 valence electrons. The summed E-state index contributed by atoms with van der Waals surface area (Å²) in [6.07, 6.45) is -0.658. The Morgan fingerprint density at radius 2 is 1.85 bits per heavy atom. The van der Waals surface area contributed by atoms with Crippen LogP contribution in [0.3, 0.4) is 0 Å². The van der Waals surface area contributed by atoms with E-state index < -0.39 is 6.29 Å². The van der Waals surface area contributed by atoms with Crippen molar-refractivity contribution in [3.05, 3.63) is 34.1 Å². The van der Waals surface area contributed by atoms with E-state index in [9.17, 15) is 0 Å². The van der Waals surface area contributed by atoms with Crippen molar-refractivity contribution in [2.75, 3.05) is 13.2 Å². The van der Waals surface area contributed by atoms with E-state index in [1.54, 1.807) is 18.2 Å². The fourth-order valence-electron chi connectivity index (χ4n) is 1.58. The number of halogens is 2. The Kier molecular flexibility index (Phi) is 5.37. The van der Waals surface area contributed by atoms with Crippen molar-refractivity contribution in [3.8, 4) is 11.4 Å². The molecule has 0 radical (unpaired) electrons. The maximum Gasteiger partial charge on any atom is 0.283 e. The summed E-state index contributed by atoms with van der Waals surface area (Å²) in [6.45, 7) is 4.69. The molecule has 0 spiro atoms. The molecular formula is C13H14Cl2N2O3. The van der Waals surface area contributed by atoms with Gasteiger partial charge in [-0.1, -0.05) is 28.4 Å². The SMILES string of the molecule is CCOC(OCC)c1nc(-c2ccc(Cl)c(Cl)c2)no1. The van der Waals surface area contributed by atoms with Crippen LogP contribution in [0.1, 0.15) is 26.0 Å². The van der Waals surface area contributed by atoms with Gasteiger partial charge < -0.3 is 14.0 Å². The van der Waals surface area contributed by atoms with Crippen molar-refractivity contribution < 1.29 is 14.0 Å². The van der Waals surface area contributed by atoms with E-state index in [1.807, 2.05) is 13.8 Å². The Bertz CT molecular complexity index is 568. The first kappa shape index (κ1) is 15.3. The number of rotatable bonds is 6. The number of hydrogen-bond acceptors (Lipinski definition) is 5. The molecule has 0 aliphatic heterocycles. The number of hydrogen-bond donors (Lipinski definition) is 0. The van der Waals surface area contributed by atoms with Crippen LogP contribution in [0.5, 0.6) is 0 Å². The van der Waals surface area contributed by atoms with Crippen LogP contribution >= 0.6 is 23.2 Å². The molecule has 1 heterocycles. The molecule has 0 aliphatic rings. The third-order valence-electron chi connectivity index (χ3n) is 2.46. The van der Waals surface area contributed by atoms with E-state index in [4.69, 9.17) is 37.2 Å². The minimum atomic E-state index is -0.658. The zero-order valence-electron chi connectivity index (χ0n) is 11.1. The molecule has 0 saturated heterocycles. The van der Waals surface area contributed by atoms with Gasteiger partial charge in [-0.25, -0.2) is 0 Å². The van der Waals surface area contributed by atoms with Gasteiger partial charge in [-0.15, -0.1) is 0 Å². The Morgan fingerprint density at radius 1 is 1.15 bits per heavy atom. The summed E-state index contributed by atoms with van der Waals surface area (Å²) in [5.74, 6) is 0.678. The van der Waals surface area contributed by atoms with Crippen molar-refractivity contribution >= 4 is 23.2 Å². The highest BCUT2D eigenvalue weighted by molar-refractivity contribution is 6.42. The molecule has 0 saturated carbocycles. The summed E-state index contributed by atoms with van der Waals surface area (Å²) in [6, 6.07) is 5.12. The molecule has 0 atom stereocenters. The highest BCUT2D eigenvalue weighted by atomic mass is 35.5. The second kappa shape index (κ2) is 7.04. The zero-order valence-corrected chi connectivity index (χ0v) is 12.6. The van der Waals surface area contributed by atoms with E-state index in [0.29, 0.717) is 34.6 Å². The minimum absolute atomic E-state index is 0.273. The van der Waals surface area contributed by atoms with Crippen molar-refractivity contribution in [3.63, 3.8) is 0 Å². The molecule has 0 bridgehead atoms. The molecule has 7 heteroatoms. The molecular weight excluding hydrogens is 303 g/mol. The van der Waals surface area contributed by atoms with Gasteiger partial charge in [0, 0.05) is 18.8 Å². The topological polar surface area (TPSA) is 57.4 Å². The van der Waals surface area contributed by atoms with Gasteiger partial charge >= 0.3 is 0 Å². The number of nitrogens with zero attached hydrogens (tertiary/aromatic N) is 2. The number of benzene rings is 1. The van der Waals surface area contributed by atoms with Crippen LogP contribution in [-0.2, 0) is 9.47 Å². The summed E-state index contributed by atoms with van der Waals surface area (Å²) in [5.41, 5.74) is 0.709. The summed E-state index contributed by atoms with van der Waals surface area (Å²) >= 11 is 11.8. The van der Waals surface area contributed by atoms with Crippen LogP contribution in [0.4, 0.5) is 0 Å².